The zero-order chi connectivity index (χ0) is 15.0. The van der Waals surface area contributed by atoms with Crippen molar-refractivity contribution >= 4 is 54.3 Å². The molecule has 0 fully saturated rings. The number of hydrogen-bond acceptors (Lipinski definition) is 3. The Hall–Kier alpha value is -1.54. The zero-order valence-electron chi connectivity index (χ0n) is 12.6. The lowest BCUT2D eigenvalue weighted by molar-refractivity contribution is 0.823. The minimum Gasteiger partial charge on any atom is -0.412 e. The maximum atomic E-state index is 4.39. The van der Waals surface area contributed by atoms with Gasteiger partial charge < -0.3 is 16.3 Å². The third kappa shape index (κ3) is 4.06. The van der Waals surface area contributed by atoms with Crippen LogP contribution >= 0.6 is 31.9 Å². The van der Waals surface area contributed by atoms with E-state index in [4.69, 9.17) is 0 Å². The Morgan fingerprint density at radius 1 is 0.913 bits per heavy atom. The highest BCUT2D eigenvalue weighted by Gasteiger charge is 2.08. The lowest BCUT2D eigenvalue weighted by Crippen LogP contribution is -1.97. The normalized spacial score (nSPS) is 9.91. The molecule has 0 atom stereocenters. The van der Waals surface area contributed by atoms with Gasteiger partial charge in [0.05, 0.1) is 11.2 Å². The highest BCUT2D eigenvalue weighted by Crippen LogP contribution is 2.31. The van der Waals surface area contributed by atoms with Crippen molar-refractivity contribution in [3.8, 4) is 0 Å². The van der Waals surface area contributed by atoms with E-state index in [-0.39, 0.29) is 11.0 Å². The second-order valence-electron chi connectivity index (χ2n) is 4.93. The van der Waals surface area contributed by atoms with E-state index >= 15 is 0 Å². The van der Waals surface area contributed by atoms with Crippen LogP contribution in [-0.4, -0.2) is 20.9 Å². The minimum absolute atomic E-state index is 0. The Morgan fingerprint density at radius 3 is 2.35 bits per heavy atom. The Morgan fingerprint density at radius 2 is 1.61 bits per heavy atom. The van der Waals surface area contributed by atoms with E-state index in [0.29, 0.717) is 0 Å². The van der Waals surface area contributed by atoms with Crippen LogP contribution in [0.2, 0.25) is 0 Å². The van der Waals surface area contributed by atoms with Crippen molar-refractivity contribution in [2.24, 2.45) is 0 Å². The number of aryl methyl sites for hydroxylation is 2. The second-order valence-corrected chi connectivity index (χ2v) is 6.70. The van der Waals surface area contributed by atoms with Crippen LogP contribution in [0, 0.1) is 13.8 Å². The first kappa shape index (κ1) is 19.5. The van der Waals surface area contributed by atoms with Gasteiger partial charge in [-0.15, -0.1) is 0 Å². The first-order valence-corrected chi connectivity index (χ1v) is 8.07. The van der Waals surface area contributed by atoms with Crippen LogP contribution < -0.4 is 5.32 Å². The fourth-order valence-electron chi connectivity index (χ4n) is 2.14. The molecular weight excluding hydrogens is 426 g/mol. The van der Waals surface area contributed by atoms with Crippen molar-refractivity contribution in [3.05, 3.63) is 56.7 Å². The maximum Gasteiger partial charge on any atom is 0.141 e. The van der Waals surface area contributed by atoms with Gasteiger partial charge in [-0.1, -0.05) is 15.9 Å². The molecule has 0 amide bonds. The lowest BCUT2D eigenvalue weighted by atomic mass is 10.1. The largest absolute Gasteiger partial charge is 0.412 e. The second kappa shape index (κ2) is 7.83. The van der Waals surface area contributed by atoms with Gasteiger partial charge in [0.2, 0.25) is 0 Å². The Labute approximate surface area is 151 Å². The molecule has 0 aliphatic rings. The van der Waals surface area contributed by atoms with Gasteiger partial charge in [-0.2, -0.15) is 0 Å². The third-order valence-electron chi connectivity index (χ3n) is 3.43. The molecule has 3 aromatic rings. The van der Waals surface area contributed by atoms with Crippen molar-refractivity contribution in [3.63, 3.8) is 0 Å². The Bertz CT molecular complexity index is 841. The number of nitrogens with one attached hydrogen (secondary N) is 1. The van der Waals surface area contributed by atoms with E-state index < -0.39 is 0 Å². The van der Waals surface area contributed by atoms with Crippen LogP contribution in [0.3, 0.4) is 0 Å². The molecule has 0 aliphatic carbocycles. The molecule has 5 nitrogen and oxygen atoms in total. The number of hydrogen-bond donors (Lipinski definition) is 1. The molecule has 5 N–H and O–H groups in total. The van der Waals surface area contributed by atoms with E-state index in [1.807, 2.05) is 18.2 Å². The van der Waals surface area contributed by atoms with Crippen molar-refractivity contribution in [1.29, 1.82) is 0 Å². The summed E-state index contributed by atoms with van der Waals surface area (Å²) in [6.07, 6.45) is 1.59. The molecule has 122 valence electrons. The number of halogens is 2. The number of anilines is 2. The molecule has 1 aromatic heterocycles. The number of aromatic nitrogens is 2. The molecule has 0 unspecified atom stereocenters. The number of nitrogens with zero attached hydrogens (tertiary/aromatic N) is 2. The van der Waals surface area contributed by atoms with Crippen molar-refractivity contribution < 1.29 is 11.0 Å². The molecule has 23 heavy (non-hydrogen) atoms. The minimum atomic E-state index is 0. The summed E-state index contributed by atoms with van der Waals surface area (Å²) >= 11 is 7.04. The zero-order valence-corrected chi connectivity index (χ0v) is 15.8. The summed E-state index contributed by atoms with van der Waals surface area (Å²) in [5, 5.41) is 4.40. The average Bonchev–Trinajstić information content (AvgIpc) is 2.45. The number of rotatable bonds is 2. The summed E-state index contributed by atoms with van der Waals surface area (Å²) in [5.41, 5.74) is 4.37. The molecular formula is C16H17Br2N3O2. The summed E-state index contributed by atoms with van der Waals surface area (Å²) in [4.78, 5) is 8.74. The summed E-state index contributed by atoms with van der Waals surface area (Å²) < 4.78 is 2.00. The topological polar surface area (TPSA) is 101 Å². The fourth-order valence-corrected chi connectivity index (χ4v) is 2.84. The van der Waals surface area contributed by atoms with E-state index in [1.165, 1.54) is 11.1 Å². The van der Waals surface area contributed by atoms with Gasteiger partial charge in [0.1, 0.15) is 12.1 Å². The molecule has 2 aromatic carbocycles. The van der Waals surface area contributed by atoms with Crippen LogP contribution in [0.4, 0.5) is 11.5 Å². The number of fused-ring (bicyclic) bond motifs is 1. The van der Waals surface area contributed by atoms with Gasteiger partial charge in [0.25, 0.3) is 0 Å². The third-order valence-corrected chi connectivity index (χ3v) is 4.62. The highest BCUT2D eigenvalue weighted by molar-refractivity contribution is 9.11. The van der Waals surface area contributed by atoms with Crippen molar-refractivity contribution in [2.75, 3.05) is 5.32 Å². The first-order chi connectivity index (χ1) is 10.0. The van der Waals surface area contributed by atoms with Crippen LogP contribution in [0.5, 0.6) is 0 Å². The number of benzene rings is 2. The standard InChI is InChI=1S/C16H13Br2N3.2H2O/c1-9-5-12-14(6-10(9)2)19-8-20-16(12)21-15-7-11(17)3-4-13(15)18;;/h3-8H,1-2H3,(H,19,20,21);2*1H2. The first-order valence-electron chi connectivity index (χ1n) is 6.48. The predicted molar refractivity (Wildman–Crippen MR) is 101 cm³/mol. The van der Waals surface area contributed by atoms with E-state index in [9.17, 15) is 0 Å². The molecule has 0 bridgehead atoms. The fraction of sp³-hybridized carbons (Fsp3) is 0.125. The molecule has 0 radical (unpaired) electrons. The molecule has 0 aliphatic heterocycles. The van der Waals surface area contributed by atoms with Crippen LogP contribution in [0.15, 0.2) is 45.6 Å². The van der Waals surface area contributed by atoms with Gasteiger partial charge in [0, 0.05) is 14.3 Å². The quantitative estimate of drug-likeness (QED) is 0.651. The molecule has 1 heterocycles. The van der Waals surface area contributed by atoms with Gasteiger partial charge >= 0.3 is 0 Å². The van der Waals surface area contributed by atoms with Gasteiger partial charge in [-0.25, -0.2) is 9.97 Å². The summed E-state index contributed by atoms with van der Waals surface area (Å²) in [6, 6.07) is 10.2. The molecule has 0 spiro atoms. The summed E-state index contributed by atoms with van der Waals surface area (Å²) in [6.45, 7) is 4.19. The Kier molecular flexibility index (Phi) is 6.64. The van der Waals surface area contributed by atoms with E-state index in [1.54, 1.807) is 6.33 Å². The van der Waals surface area contributed by atoms with Crippen LogP contribution in [0.1, 0.15) is 11.1 Å². The predicted octanol–water partition coefficient (Wildman–Crippen LogP) is 3.87. The Balaban J connectivity index is 0.00000132. The molecule has 0 saturated carbocycles. The summed E-state index contributed by atoms with van der Waals surface area (Å²) in [5.74, 6) is 0.807. The van der Waals surface area contributed by atoms with Crippen LogP contribution in [-0.2, 0) is 0 Å². The average molecular weight is 443 g/mol. The summed E-state index contributed by atoms with van der Waals surface area (Å²) in [7, 11) is 0. The van der Waals surface area contributed by atoms with Gasteiger partial charge in [-0.3, -0.25) is 0 Å². The lowest BCUT2D eigenvalue weighted by Gasteiger charge is -2.11. The highest BCUT2D eigenvalue weighted by atomic mass is 79.9. The molecule has 0 saturated heterocycles. The van der Waals surface area contributed by atoms with Gasteiger partial charge in [-0.05, 0) is 71.2 Å². The van der Waals surface area contributed by atoms with E-state index in [2.05, 4.69) is 73.1 Å². The van der Waals surface area contributed by atoms with Crippen LogP contribution in [0.25, 0.3) is 10.9 Å². The van der Waals surface area contributed by atoms with Crippen molar-refractivity contribution in [1.82, 2.24) is 9.97 Å². The molecule has 7 heteroatoms. The van der Waals surface area contributed by atoms with E-state index in [0.717, 1.165) is 31.4 Å². The maximum absolute atomic E-state index is 4.39. The smallest absolute Gasteiger partial charge is 0.141 e. The monoisotopic (exact) mass is 441 g/mol. The van der Waals surface area contributed by atoms with Gasteiger partial charge in [0.15, 0.2) is 0 Å². The SMILES string of the molecule is Cc1cc2ncnc(Nc3cc(Br)ccc3Br)c2cc1C.O.O. The molecule has 3 rings (SSSR count). The van der Waals surface area contributed by atoms with Crippen molar-refractivity contribution in [2.45, 2.75) is 13.8 Å².